The van der Waals surface area contributed by atoms with Crippen molar-refractivity contribution in [2.45, 2.75) is 23.6 Å². The molecular weight excluding hydrogens is 284 g/mol. The second kappa shape index (κ2) is 4.68. The first-order valence-corrected chi connectivity index (χ1v) is 9.19. The molecule has 19 heavy (non-hydrogen) atoms. The quantitative estimate of drug-likeness (QED) is 0.858. The zero-order valence-corrected chi connectivity index (χ0v) is 12.6. The lowest BCUT2D eigenvalue weighted by molar-refractivity contribution is 0.232. The van der Waals surface area contributed by atoms with Crippen LogP contribution in [0.4, 0.5) is 5.13 Å². The van der Waals surface area contributed by atoms with Crippen molar-refractivity contribution in [2.75, 3.05) is 37.3 Å². The molecule has 3 heterocycles. The van der Waals surface area contributed by atoms with Crippen molar-refractivity contribution in [1.82, 2.24) is 15.5 Å². The van der Waals surface area contributed by atoms with E-state index in [-0.39, 0.29) is 4.34 Å². The summed E-state index contributed by atoms with van der Waals surface area (Å²) in [6.45, 7) is 4.10. The van der Waals surface area contributed by atoms with E-state index in [0.29, 0.717) is 5.41 Å². The normalized spacial score (nSPS) is 23.1. The minimum absolute atomic E-state index is 0.119. The van der Waals surface area contributed by atoms with Crippen LogP contribution in [0.25, 0.3) is 0 Å². The summed E-state index contributed by atoms with van der Waals surface area (Å²) >= 11 is 1.18. The van der Waals surface area contributed by atoms with Gasteiger partial charge in [0.2, 0.25) is 19.3 Å². The average Bonchev–Trinajstić information content (AvgIpc) is 2.96. The maximum absolute atomic E-state index is 11.4. The molecule has 0 unspecified atom stereocenters. The number of anilines is 1. The summed E-state index contributed by atoms with van der Waals surface area (Å²) in [5, 5.41) is 12.0. The third-order valence-electron chi connectivity index (χ3n) is 4.09. The molecule has 0 radical (unpaired) electrons. The van der Waals surface area contributed by atoms with Gasteiger partial charge < -0.3 is 10.2 Å². The van der Waals surface area contributed by atoms with Gasteiger partial charge in [-0.15, -0.1) is 10.2 Å². The highest BCUT2D eigenvalue weighted by Crippen LogP contribution is 2.41. The minimum Gasteiger partial charge on any atom is -0.346 e. The van der Waals surface area contributed by atoms with Gasteiger partial charge in [0.1, 0.15) is 0 Å². The van der Waals surface area contributed by atoms with Crippen molar-refractivity contribution in [3.63, 3.8) is 0 Å². The molecule has 1 aromatic rings. The Morgan fingerprint density at radius 2 is 2.00 bits per heavy atom. The number of sulfone groups is 1. The smallest absolute Gasteiger partial charge is 0.234 e. The maximum atomic E-state index is 11.4. The molecule has 2 aliphatic rings. The van der Waals surface area contributed by atoms with Crippen LogP contribution in [-0.2, 0) is 9.84 Å². The van der Waals surface area contributed by atoms with Gasteiger partial charge in [0.05, 0.1) is 0 Å². The summed E-state index contributed by atoms with van der Waals surface area (Å²) in [5.41, 5.74) is 0.391. The molecule has 1 N–H and O–H groups in total. The molecule has 3 rings (SSSR count). The average molecular weight is 302 g/mol. The first-order chi connectivity index (χ1) is 8.99. The summed E-state index contributed by atoms with van der Waals surface area (Å²) in [6.07, 6.45) is 4.74. The Bertz CT molecular complexity index is 563. The summed E-state index contributed by atoms with van der Waals surface area (Å²) in [4.78, 5) is 2.19. The third kappa shape index (κ3) is 2.61. The van der Waals surface area contributed by atoms with E-state index in [0.717, 1.165) is 31.3 Å². The fraction of sp³-hybridized carbons (Fsp3) is 0.818. The van der Waals surface area contributed by atoms with Crippen molar-refractivity contribution in [3.8, 4) is 0 Å². The first-order valence-electron chi connectivity index (χ1n) is 6.48. The largest absolute Gasteiger partial charge is 0.346 e. The molecule has 106 valence electrons. The highest BCUT2D eigenvalue weighted by Gasteiger charge is 2.40. The highest BCUT2D eigenvalue weighted by atomic mass is 32.2. The van der Waals surface area contributed by atoms with Gasteiger partial charge in [0.15, 0.2) is 0 Å². The molecule has 0 aliphatic carbocycles. The van der Waals surface area contributed by atoms with E-state index < -0.39 is 9.84 Å². The lowest BCUT2D eigenvalue weighted by Crippen LogP contribution is -2.38. The van der Waals surface area contributed by atoms with Crippen LogP contribution in [0.5, 0.6) is 0 Å². The number of aromatic nitrogens is 2. The Balaban J connectivity index is 1.76. The van der Waals surface area contributed by atoms with E-state index >= 15 is 0 Å². The van der Waals surface area contributed by atoms with Crippen molar-refractivity contribution < 1.29 is 8.42 Å². The molecule has 0 aromatic carbocycles. The summed E-state index contributed by atoms with van der Waals surface area (Å²) < 4.78 is 23.0. The maximum Gasteiger partial charge on any atom is 0.234 e. The standard InChI is InChI=1S/C11H18N4O2S2/c1-19(16,17)10-14-13-9(18-10)15-7-4-11(8-15)2-5-12-6-3-11/h12H,2-8H2,1H3. The summed E-state index contributed by atoms with van der Waals surface area (Å²) in [5.74, 6) is 0. The van der Waals surface area contributed by atoms with Crippen LogP contribution in [0.15, 0.2) is 4.34 Å². The van der Waals surface area contributed by atoms with Crippen LogP contribution in [0.2, 0.25) is 0 Å². The van der Waals surface area contributed by atoms with Crippen LogP contribution in [0.1, 0.15) is 19.3 Å². The molecule has 1 aromatic heterocycles. The molecule has 1 spiro atoms. The molecule has 2 fully saturated rings. The van der Waals surface area contributed by atoms with Gasteiger partial charge in [0.25, 0.3) is 0 Å². The van der Waals surface area contributed by atoms with Crippen molar-refractivity contribution in [1.29, 1.82) is 0 Å². The Kier molecular flexibility index (Phi) is 3.26. The summed E-state index contributed by atoms with van der Waals surface area (Å²) in [7, 11) is -3.24. The minimum atomic E-state index is -3.24. The zero-order valence-electron chi connectivity index (χ0n) is 10.9. The van der Waals surface area contributed by atoms with E-state index in [4.69, 9.17) is 0 Å². The zero-order chi connectivity index (χ0) is 13.5. The molecule has 0 bridgehead atoms. The van der Waals surface area contributed by atoms with E-state index in [1.54, 1.807) is 0 Å². The van der Waals surface area contributed by atoms with Gasteiger partial charge >= 0.3 is 0 Å². The molecular formula is C11H18N4O2S2. The van der Waals surface area contributed by atoms with Crippen LogP contribution in [0, 0.1) is 5.41 Å². The second-order valence-corrected chi connectivity index (χ2v) is 8.69. The number of hydrogen-bond donors (Lipinski definition) is 1. The predicted octanol–water partition coefficient (Wildman–Crippen LogP) is 0.521. The van der Waals surface area contributed by atoms with Crippen LogP contribution in [0.3, 0.4) is 0 Å². The number of nitrogens with one attached hydrogen (secondary N) is 1. The van der Waals surface area contributed by atoms with E-state index in [9.17, 15) is 8.42 Å². The highest BCUT2D eigenvalue weighted by molar-refractivity contribution is 7.92. The molecule has 0 amide bonds. The van der Waals surface area contributed by atoms with E-state index in [2.05, 4.69) is 20.4 Å². The topological polar surface area (TPSA) is 75.2 Å². The van der Waals surface area contributed by atoms with Gasteiger partial charge in [-0.3, -0.25) is 0 Å². The van der Waals surface area contributed by atoms with Crippen LogP contribution >= 0.6 is 11.3 Å². The van der Waals surface area contributed by atoms with Gasteiger partial charge in [0, 0.05) is 19.3 Å². The SMILES string of the molecule is CS(=O)(=O)c1nnc(N2CCC3(CCNCC3)C2)s1. The molecule has 6 nitrogen and oxygen atoms in total. The number of nitrogens with zero attached hydrogens (tertiary/aromatic N) is 3. The Labute approximate surface area is 117 Å². The van der Waals surface area contributed by atoms with E-state index in [1.165, 1.54) is 36.9 Å². The lowest BCUT2D eigenvalue weighted by Gasteiger charge is -2.33. The Morgan fingerprint density at radius 1 is 1.26 bits per heavy atom. The number of piperidine rings is 1. The third-order valence-corrected chi connectivity index (χ3v) is 6.74. The van der Waals surface area contributed by atoms with E-state index in [1.807, 2.05) is 0 Å². The molecule has 8 heteroatoms. The van der Waals surface area contributed by atoms with Crippen LogP contribution in [-0.4, -0.2) is 51.0 Å². The number of rotatable bonds is 2. The fourth-order valence-corrected chi connectivity index (χ4v) is 4.57. The van der Waals surface area contributed by atoms with Crippen molar-refractivity contribution in [2.24, 2.45) is 5.41 Å². The molecule has 2 saturated heterocycles. The Hall–Kier alpha value is -0.730. The monoisotopic (exact) mass is 302 g/mol. The van der Waals surface area contributed by atoms with Gasteiger partial charge in [-0.2, -0.15) is 0 Å². The van der Waals surface area contributed by atoms with Gasteiger partial charge in [-0.05, 0) is 37.8 Å². The van der Waals surface area contributed by atoms with Crippen molar-refractivity contribution in [3.05, 3.63) is 0 Å². The predicted molar refractivity (Wildman–Crippen MR) is 74.4 cm³/mol. The second-order valence-electron chi connectivity index (χ2n) is 5.54. The van der Waals surface area contributed by atoms with Gasteiger partial charge in [-0.25, -0.2) is 8.42 Å². The fourth-order valence-electron chi connectivity index (χ4n) is 2.94. The molecule has 0 saturated carbocycles. The Morgan fingerprint density at radius 3 is 2.63 bits per heavy atom. The molecule has 2 aliphatic heterocycles. The molecule has 0 atom stereocenters. The van der Waals surface area contributed by atoms with Gasteiger partial charge in [-0.1, -0.05) is 11.3 Å². The van der Waals surface area contributed by atoms with Crippen LogP contribution < -0.4 is 10.2 Å². The lowest BCUT2D eigenvalue weighted by atomic mass is 9.78. The number of hydrogen-bond acceptors (Lipinski definition) is 7. The van der Waals surface area contributed by atoms with Crippen molar-refractivity contribution >= 4 is 26.3 Å². The summed E-state index contributed by atoms with van der Waals surface area (Å²) in [6, 6.07) is 0. The first kappa shape index (κ1) is 13.3.